The van der Waals surface area contributed by atoms with Crippen LogP contribution in [0.25, 0.3) is 0 Å². The number of halogens is 1. The second kappa shape index (κ2) is 8.13. The molecule has 1 aromatic heterocycles. The molecule has 1 heterocycles. The second-order valence-electron chi connectivity index (χ2n) is 5.05. The van der Waals surface area contributed by atoms with Gasteiger partial charge in [0.2, 0.25) is 0 Å². The fraction of sp³-hybridized carbons (Fsp3) is 0.294. The summed E-state index contributed by atoms with van der Waals surface area (Å²) in [5.41, 5.74) is 6.36. The zero-order valence-corrected chi connectivity index (χ0v) is 14.7. The second-order valence-corrected chi connectivity index (χ2v) is 6.59. The Morgan fingerprint density at radius 2 is 1.83 bits per heavy atom. The van der Waals surface area contributed by atoms with Crippen LogP contribution in [0.4, 0.5) is 0 Å². The summed E-state index contributed by atoms with van der Waals surface area (Å²) in [5.74, 6) is -0.752. The number of rotatable bonds is 5. The smallest absolute Gasteiger partial charge is 0.267 e. The van der Waals surface area contributed by atoms with Gasteiger partial charge in [0.05, 0.1) is 15.5 Å². The lowest BCUT2D eigenvalue weighted by Crippen LogP contribution is -2.41. The minimum Gasteiger partial charge on any atom is -0.267 e. The Morgan fingerprint density at radius 1 is 1.13 bits per heavy atom. The molecule has 0 radical (unpaired) electrons. The van der Waals surface area contributed by atoms with Crippen LogP contribution >= 0.6 is 22.9 Å². The van der Waals surface area contributed by atoms with Crippen LogP contribution in [0.1, 0.15) is 50.7 Å². The van der Waals surface area contributed by atoms with E-state index in [1.54, 1.807) is 24.3 Å². The van der Waals surface area contributed by atoms with Crippen LogP contribution in [-0.2, 0) is 12.8 Å². The highest BCUT2D eigenvalue weighted by atomic mass is 35.5. The molecule has 2 aromatic rings. The van der Waals surface area contributed by atoms with Gasteiger partial charge in [0, 0.05) is 4.88 Å². The summed E-state index contributed by atoms with van der Waals surface area (Å²) in [6, 6.07) is 8.58. The van der Waals surface area contributed by atoms with Crippen molar-refractivity contribution in [1.29, 1.82) is 0 Å². The van der Waals surface area contributed by atoms with Crippen LogP contribution in [0, 0.1) is 0 Å². The lowest BCUT2D eigenvalue weighted by Gasteiger charge is -2.07. The largest absolute Gasteiger partial charge is 0.279 e. The summed E-state index contributed by atoms with van der Waals surface area (Å²) >= 11 is 7.44. The van der Waals surface area contributed by atoms with Crippen molar-refractivity contribution in [3.63, 3.8) is 0 Å². The molecule has 0 fully saturated rings. The fourth-order valence-electron chi connectivity index (χ4n) is 2.20. The first-order chi connectivity index (χ1) is 11.1. The maximum absolute atomic E-state index is 12.2. The van der Waals surface area contributed by atoms with Gasteiger partial charge in [-0.05, 0) is 36.6 Å². The predicted octanol–water partition coefficient (Wildman–Crippen LogP) is 3.99. The maximum atomic E-state index is 12.2. The predicted molar refractivity (Wildman–Crippen MR) is 94.1 cm³/mol. The quantitative estimate of drug-likeness (QED) is 0.801. The summed E-state index contributed by atoms with van der Waals surface area (Å²) in [7, 11) is 0. The van der Waals surface area contributed by atoms with Crippen LogP contribution in [0.5, 0.6) is 0 Å². The van der Waals surface area contributed by atoms with Crippen molar-refractivity contribution in [2.75, 3.05) is 0 Å². The average molecular weight is 351 g/mol. The van der Waals surface area contributed by atoms with Crippen molar-refractivity contribution in [3.05, 3.63) is 56.2 Å². The highest BCUT2D eigenvalue weighted by Crippen LogP contribution is 2.24. The number of aryl methyl sites for hydroxylation is 2. The molecule has 2 N–H and O–H groups in total. The van der Waals surface area contributed by atoms with E-state index in [0.29, 0.717) is 15.5 Å². The highest BCUT2D eigenvalue weighted by Gasteiger charge is 2.15. The zero-order valence-electron chi connectivity index (χ0n) is 13.1. The van der Waals surface area contributed by atoms with Crippen LogP contribution in [-0.4, -0.2) is 11.8 Å². The monoisotopic (exact) mass is 350 g/mol. The Morgan fingerprint density at radius 3 is 2.48 bits per heavy atom. The van der Waals surface area contributed by atoms with Crippen molar-refractivity contribution < 1.29 is 9.59 Å². The van der Waals surface area contributed by atoms with E-state index in [9.17, 15) is 9.59 Å². The molecule has 2 rings (SSSR count). The van der Waals surface area contributed by atoms with E-state index in [1.807, 2.05) is 6.07 Å². The molecule has 0 spiro atoms. The molecule has 6 heteroatoms. The van der Waals surface area contributed by atoms with Crippen LogP contribution in [0.2, 0.25) is 5.02 Å². The number of hydrogen-bond donors (Lipinski definition) is 2. The Balaban J connectivity index is 2.02. The van der Waals surface area contributed by atoms with Crippen molar-refractivity contribution in [1.82, 2.24) is 10.9 Å². The molecule has 1 aromatic carbocycles. The summed E-state index contributed by atoms with van der Waals surface area (Å²) in [6.45, 7) is 4.19. The summed E-state index contributed by atoms with van der Waals surface area (Å²) in [6.07, 6.45) is 2.90. The van der Waals surface area contributed by atoms with Crippen molar-refractivity contribution in [2.24, 2.45) is 0 Å². The molecule has 2 amide bonds. The fourth-order valence-corrected chi connectivity index (χ4v) is 3.68. The number of carbonyl (C=O) groups is 2. The van der Waals surface area contributed by atoms with Gasteiger partial charge in [-0.1, -0.05) is 44.0 Å². The minimum absolute atomic E-state index is 0.313. The highest BCUT2D eigenvalue weighted by molar-refractivity contribution is 7.14. The van der Waals surface area contributed by atoms with Gasteiger partial charge in [-0.15, -0.1) is 11.3 Å². The molecule has 0 saturated heterocycles. The van der Waals surface area contributed by atoms with Gasteiger partial charge < -0.3 is 0 Å². The van der Waals surface area contributed by atoms with E-state index in [0.717, 1.165) is 19.3 Å². The molecular formula is C17H19ClN2O2S. The third kappa shape index (κ3) is 4.33. The Kier molecular flexibility index (Phi) is 6.19. The Labute approximate surface area is 144 Å². The number of amides is 2. The van der Waals surface area contributed by atoms with Gasteiger partial charge in [0.15, 0.2) is 0 Å². The van der Waals surface area contributed by atoms with E-state index < -0.39 is 5.91 Å². The number of nitrogens with one attached hydrogen (secondary N) is 2. The molecule has 0 saturated carbocycles. The summed E-state index contributed by atoms with van der Waals surface area (Å²) in [5, 5.41) is 0.342. The van der Waals surface area contributed by atoms with Crippen LogP contribution < -0.4 is 10.9 Å². The average Bonchev–Trinajstić information content (AvgIpc) is 2.96. The Bertz CT molecular complexity index is 712. The normalized spacial score (nSPS) is 10.4. The molecular weight excluding hydrogens is 332 g/mol. The van der Waals surface area contributed by atoms with Crippen LogP contribution in [0.15, 0.2) is 30.3 Å². The third-order valence-electron chi connectivity index (χ3n) is 3.39. The first-order valence-corrected chi connectivity index (χ1v) is 8.73. The van der Waals surface area contributed by atoms with E-state index in [4.69, 9.17) is 11.6 Å². The van der Waals surface area contributed by atoms with Crippen molar-refractivity contribution in [3.8, 4) is 0 Å². The topological polar surface area (TPSA) is 58.2 Å². The summed E-state index contributed by atoms with van der Waals surface area (Å²) in [4.78, 5) is 26.1. The molecule has 0 aliphatic carbocycles. The van der Waals surface area contributed by atoms with Gasteiger partial charge in [-0.2, -0.15) is 0 Å². The van der Waals surface area contributed by atoms with Gasteiger partial charge in [0.1, 0.15) is 0 Å². The van der Waals surface area contributed by atoms with E-state index in [2.05, 4.69) is 24.7 Å². The van der Waals surface area contributed by atoms with Crippen molar-refractivity contribution in [2.45, 2.75) is 33.1 Å². The molecule has 0 unspecified atom stereocenters. The molecule has 0 atom stereocenters. The lowest BCUT2D eigenvalue weighted by molar-refractivity contribution is 0.0849. The zero-order chi connectivity index (χ0) is 16.8. The van der Waals surface area contributed by atoms with Crippen LogP contribution in [0.3, 0.4) is 0 Å². The number of hydrogen-bond acceptors (Lipinski definition) is 3. The third-order valence-corrected chi connectivity index (χ3v) is 4.95. The number of thiophene rings is 1. The van der Waals surface area contributed by atoms with Gasteiger partial charge in [-0.25, -0.2) is 0 Å². The molecule has 23 heavy (non-hydrogen) atoms. The molecule has 0 bridgehead atoms. The lowest BCUT2D eigenvalue weighted by atomic mass is 10.1. The first kappa shape index (κ1) is 17.5. The standard InChI is InChI=1S/C17H19ClN2O2S/c1-3-7-14-11(4-2)10-15(23-14)17(22)20-19-16(21)12-8-5-6-9-13(12)18/h5-6,8-10H,3-4,7H2,1-2H3,(H,19,21)(H,20,22). The number of carbonyl (C=O) groups excluding carboxylic acids is 2. The first-order valence-electron chi connectivity index (χ1n) is 7.53. The van der Waals surface area contributed by atoms with E-state index in [-0.39, 0.29) is 5.91 Å². The summed E-state index contributed by atoms with van der Waals surface area (Å²) < 4.78 is 0. The van der Waals surface area contributed by atoms with E-state index >= 15 is 0 Å². The Hall–Kier alpha value is -1.85. The maximum Gasteiger partial charge on any atom is 0.279 e. The minimum atomic E-state index is -0.440. The molecule has 4 nitrogen and oxygen atoms in total. The van der Waals surface area contributed by atoms with Gasteiger partial charge in [-0.3, -0.25) is 20.4 Å². The van der Waals surface area contributed by atoms with Gasteiger partial charge in [0.25, 0.3) is 11.8 Å². The molecule has 0 aliphatic rings. The SMILES string of the molecule is CCCc1sc(C(=O)NNC(=O)c2ccccc2Cl)cc1CC. The molecule has 122 valence electrons. The van der Waals surface area contributed by atoms with E-state index in [1.165, 1.54) is 21.8 Å². The molecule has 0 aliphatic heterocycles. The number of hydrazine groups is 1. The van der Waals surface area contributed by atoms with Gasteiger partial charge >= 0.3 is 0 Å². The van der Waals surface area contributed by atoms with Crippen molar-refractivity contribution >= 4 is 34.8 Å². The number of benzene rings is 1.